The van der Waals surface area contributed by atoms with Crippen LogP contribution in [0.25, 0.3) is 0 Å². The zero-order valence-corrected chi connectivity index (χ0v) is 14.8. The molecule has 2 fully saturated rings. The van der Waals surface area contributed by atoms with Gasteiger partial charge in [0.05, 0.1) is 19.3 Å². The van der Waals surface area contributed by atoms with E-state index in [1.807, 2.05) is 27.7 Å². The van der Waals surface area contributed by atoms with Crippen LogP contribution >= 0.6 is 0 Å². The molecule has 0 aromatic heterocycles. The monoisotopic (exact) mass is 323 g/mol. The Morgan fingerprint density at radius 1 is 1.39 bits per heavy atom. The highest BCUT2D eigenvalue weighted by atomic mass is 16.6. The number of carbonyl (C=O) groups is 1. The Morgan fingerprint density at radius 3 is 2.39 bits per heavy atom. The van der Waals surface area contributed by atoms with Gasteiger partial charge in [0.1, 0.15) is 5.60 Å². The maximum Gasteiger partial charge on any atom is 0.410 e. The highest BCUT2D eigenvalue weighted by Gasteiger charge is 2.45. The Labute approximate surface area is 139 Å². The molecule has 2 saturated heterocycles. The van der Waals surface area contributed by atoms with Crippen molar-refractivity contribution in [3.05, 3.63) is 0 Å². The number of ether oxygens (including phenoxy) is 2. The lowest BCUT2D eigenvalue weighted by Crippen LogP contribution is -2.63. The van der Waals surface area contributed by atoms with Gasteiger partial charge in [0.15, 0.2) is 5.54 Å². The zero-order valence-electron chi connectivity index (χ0n) is 14.8. The van der Waals surface area contributed by atoms with Gasteiger partial charge in [-0.25, -0.2) is 4.79 Å². The second-order valence-corrected chi connectivity index (χ2v) is 7.59. The summed E-state index contributed by atoms with van der Waals surface area (Å²) in [5, 5.41) is 9.38. The summed E-state index contributed by atoms with van der Waals surface area (Å²) in [5.74, 6) is 0.468. The molecule has 2 aliphatic heterocycles. The molecular formula is C17H29N3O3. The number of hydrogen-bond donors (Lipinski definition) is 0. The molecule has 0 spiro atoms. The summed E-state index contributed by atoms with van der Waals surface area (Å²) in [7, 11) is 0. The predicted molar refractivity (Wildman–Crippen MR) is 86.9 cm³/mol. The van der Waals surface area contributed by atoms with E-state index in [2.05, 4.69) is 11.0 Å². The molecule has 130 valence electrons. The maximum absolute atomic E-state index is 12.2. The highest BCUT2D eigenvalue weighted by molar-refractivity contribution is 5.68. The van der Waals surface area contributed by atoms with Gasteiger partial charge in [-0.3, -0.25) is 4.90 Å². The average molecular weight is 323 g/mol. The predicted octanol–water partition coefficient (Wildman–Crippen LogP) is 2.25. The van der Waals surface area contributed by atoms with Crippen LogP contribution in [-0.2, 0) is 9.47 Å². The van der Waals surface area contributed by atoms with Crippen LogP contribution in [0.5, 0.6) is 0 Å². The molecule has 1 amide bonds. The van der Waals surface area contributed by atoms with Crippen LogP contribution in [0.3, 0.4) is 0 Å². The Kier molecular flexibility index (Phi) is 5.53. The van der Waals surface area contributed by atoms with E-state index >= 15 is 0 Å². The molecule has 6 nitrogen and oxygen atoms in total. The minimum Gasteiger partial charge on any atom is -0.444 e. The molecular weight excluding hydrogens is 294 g/mol. The van der Waals surface area contributed by atoms with Gasteiger partial charge in [-0.05, 0) is 46.5 Å². The summed E-state index contributed by atoms with van der Waals surface area (Å²) in [4.78, 5) is 16.3. The maximum atomic E-state index is 12.2. The van der Waals surface area contributed by atoms with Crippen molar-refractivity contribution in [2.24, 2.45) is 5.92 Å². The first-order valence-electron chi connectivity index (χ1n) is 8.51. The molecule has 6 heteroatoms. The van der Waals surface area contributed by atoms with E-state index in [0.717, 1.165) is 32.5 Å². The minimum atomic E-state index is -0.461. The topological polar surface area (TPSA) is 65.8 Å². The fourth-order valence-electron chi connectivity index (χ4n) is 3.13. The van der Waals surface area contributed by atoms with Gasteiger partial charge in [0.2, 0.25) is 0 Å². The lowest BCUT2D eigenvalue weighted by molar-refractivity contribution is -0.117. The van der Waals surface area contributed by atoms with Gasteiger partial charge in [-0.1, -0.05) is 0 Å². The van der Waals surface area contributed by atoms with E-state index in [1.54, 1.807) is 4.90 Å². The third kappa shape index (κ3) is 4.36. The zero-order chi connectivity index (χ0) is 17.1. The number of piperidine rings is 1. The number of carbonyl (C=O) groups excluding carboxylic acids is 1. The second-order valence-electron chi connectivity index (χ2n) is 7.59. The van der Waals surface area contributed by atoms with Crippen molar-refractivity contribution in [1.82, 2.24) is 9.80 Å². The first-order valence-corrected chi connectivity index (χ1v) is 8.51. The molecule has 0 saturated carbocycles. The second kappa shape index (κ2) is 7.06. The van der Waals surface area contributed by atoms with Crippen molar-refractivity contribution in [2.75, 3.05) is 39.4 Å². The lowest BCUT2D eigenvalue weighted by Gasteiger charge is -2.47. The van der Waals surface area contributed by atoms with E-state index in [4.69, 9.17) is 9.47 Å². The molecule has 2 aliphatic rings. The summed E-state index contributed by atoms with van der Waals surface area (Å²) in [6.45, 7) is 11.9. The number of nitriles is 1. The number of amides is 1. The molecule has 0 bridgehead atoms. The largest absolute Gasteiger partial charge is 0.444 e. The fraction of sp³-hybridized carbons (Fsp3) is 0.882. The lowest BCUT2D eigenvalue weighted by atomic mass is 9.89. The van der Waals surface area contributed by atoms with Crippen molar-refractivity contribution in [3.8, 4) is 6.07 Å². The molecule has 0 aromatic carbocycles. The molecule has 0 radical (unpaired) electrons. The smallest absolute Gasteiger partial charge is 0.410 e. The summed E-state index contributed by atoms with van der Waals surface area (Å²) in [6.07, 6.45) is 1.77. The van der Waals surface area contributed by atoms with Crippen molar-refractivity contribution in [1.29, 1.82) is 5.26 Å². The molecule has 0 aromatic rings. The Hall–Kier alpha value is -1.32. The van der Waals surface area contributed by atoms with Crippen LogP contribution in [-0.4, -0.2) is 66.4 Å². The number of likely N-dealkylation sites (tertiary alicyclic amines) is 1. The van der Waals surface area contributed by atoms with Crippen LogP contribution in [0, 0.1) is 17.2 Å². The van der Waals surface area contributed by atoms with E-state index in [9.17, 15) is 10.1 Å². The quantitative estimate of drug-likeness (QED) is 0.794. The van der Waals surface area contributed by atoms with E-state index in [0.29, 0.717) is 25.7 Å². The van der Waals surface area contributed by atoms with Crippen LogP contribution in [0.2, 0.25) is 0 Å². The molecule has 23 heavy (non-hydrogen) atoms. The fourth-order valence-corrected chi connectivity index (χ4v) is 3.13. The average Bonchev–Trinajstić information content (AvgIpc) is 2.43. The van der Waals surface area contributed by atoms with Crippen LogP contribution in [0.4, 0.5) is 4.79 Å². The van der Waals surface area contributed by atoms with Crippen molar-refractivity contribution < 1.29 is 14.3 Å². The molecule has 0 N–H and O–H groups in total. The van der Waals surface area contributed by atoms with Gasteiger partial charge in [-0.2, -0.15) is 5.26 Å². The van der Waals surface area contributed by atoms with Crippen LogP contribution in [0.1, 0.15) is 40.5 Å². The number of hydrogen-bond acceptors (Lipinski definition) is 5. The van der Waals surface area contributed by atoms with Gasteiger partial charge >= 0.3 is 6.09 Å². The van der Waals surface area contributed by atoms with E-state index in [-0.39, 0.29) is 6.09 Å². The first-order chi connectivity index (χ1) is 10.8. The summed E-state index contributed by atoms with van der Waals surface area (Å²) >= 11 is 0. The third-order valence-electron chi connectivity index (χ3n) is 4.62. The van der Waals surface area contributed by atoms with E-state index < -0.39 is 11.1 Å². The van der Waals surface area contributed by atoms with Gasteiger partial charge in [0, 0.05) is 26.2 Å². The minimum absolute atomic E-state index is 0.233. The van der Waals surface area contributed by atoms with Crippen molar-refractivity contribution >= 4 is 6.09 Å². The van der Waals surface area contributed by atoms with Crippen molar-refractivity contribution in [2.45, 2.75) is 51.7 Å². The standard InChI is InChI=1S/C17H29N3O3/c1-5-19(15(21)23-16(2,3)4)10-14-6-8-20(9-7-14)17(11-18)12-22-13-17/h14H,5-10,12-13H2,1-4H3. The molecule has 0 unspecified atom stereocenters. The molecule has 2 heterocycles. The van der Waals surface area contributed by atoms with Gasteiger partial charge < -0.3 is 14.4 Å². The van der Waals surface area contributed by atoms with Crippen LogP contribution in [0.15, 0.2) is 0 Å². The highest BCUT2D eigenvalue weighted by Crippen LogP contribution is 2.30. The third-order valence-corrected chi connectivity index (χ3v) is 4.62. The SMILES string of the molecule is CCN(CC1CCN(C2(C#N)COC2)CC1)C(=O)OC(C)(C)C. The summed E-state index contributed by atoms with van der Waals surface area (Å²) in [6, 6.07) is 2.41. The van der Waals surface area contributed by atoms with Crippen LogP contribution < -0.4 is 0 Å². The van der Waals surface area contributed by atoms with Crippen molar-refractivity contribution in [3.63, 3.8) is 0 Å². The Morgan fingerprint density at radius 2 is 2.00 bits per heavy atom. The normalized spacial score (nSPS) is 22.0. The Bertz CT molecular complexity index is 455. The summed E-state index contributed by atoms with van der Waals surface area (Å²) < 4.78 is 10.7. The van der Waals surface area contributed by atoms with Gasteiger partial charge in [0.25, 0.3) is 0 Å². The molecule has 0 aliphatic carbocycles. The first kappa shape index (κ1) is 18.0. The molecule has 2 rings (SSSR count). The van der Waals surface area contributed by atoms with E-state index in [1.165, 1.54) is 0 Å². The number of rotatable bonds is 4. The number of nitrogens with zero attached hydrogens (tertiary/aromatic N) is 3. The van der Waals surface area contributed by atoms with Gasteiger partial charge in [-0.15, -0.1) is 0 Å². The Balaban J connectivity index is 1.83. The molecule has 0 atom stereocenters. The summed E-state index contributed by atoms with van der Waals surface area (Å²) in [5.41, 5.74) is -0.863.